The number of nitrogens with one attached hydrogen (secondary N) is 2. The zero-order valence-corrected chi connectivity index (χ0v) is 11.6. The SMILES string of the molecule is O=C(CNc1ccc(Br)cc1F)Nc1ccccc1. The molecule has 0 aliphatic rings. The van der Waals surface area contributed by atoms with Crippen LogP contribution in [0.3, 0.4) is 0 Å². The van der Waals surface area contributed by atoms with Gasteiger partial charge in [0, 0.05) is 10.2 Å². The minimum Gasteiger partial charge on any atom is -0.374 e. The second-order valence-corrected chi connectivity index (χ2v) is 4.81. The van der Waals surface area contributed by atoms with Crippen molar-refractivity contribution in [3.05, 3.63) is 58.8 Å². The van der Waals surface area contributed by atoms with E-state index in [2.05, 4.69) is 26.6 Å². The van der Waals surface area contributed by atoms with Gasteiger partial charge in [-0.05, 0) is 30.3 Å². The van der Waals surface area contributed by atoms with Gasteiger partial charge in [0.1, 0.15) is 5.82 Å². The summed E-state index contributed by atoms with van der Waals surface area (Å²) in [5, 5.41) is 5.46. The molecule has 0 bridgehead atoms. The van der Waals surface area contributed by atoms with Crippen molar-refractivity contribution in [3.63, 3.8) is 0 Å². The number of benzene rings is 2. The van der Waals surface area contributed by atoms with Crippen LogP contribution in [0.1, 0.15) is 0 Å². The number of amides is 1. The zero-order chi connectivity index (χ0) is 13.7. The van der Waals surface area contributed by atoms with Gasteiger partial charge >= 0.3 is 0 Å². The molecule has 2 aromatic carbocycles. The van der Waals surface area contributed by atoms with Crippen molar-refractivity contribution in [2.75, 3.05) is 17.2 Å². The van der Waals surface area contributed by atoms with E-state index in [1.807, 2.05) is 18.2 Å². The Hall–Kier alpha value is -1.88. The zero-order valence-electron chi connectivity index (χ0n) is 9.99. The minimum absolute atomic E-state index is 0.00739. The normalized spacial score (nSPS) is 10.0. The minimum atomic E-state index is -0.401. The first kappa shape index (κ1) is 13.5. The molecule has 0 radical (unpaired) electrons. The molecule has 2 aromatic rings. The van der Waals surface area contributed by atoms with Gasteiger partial charge in [0.25, 0.3) is 0 Å². The van der Waals surface area contributed by atoms with Gasteiger partial charge in [0.2, 0.25) is 5.91 Å². The number of halogens is 2. The Morgan fingerprint density at radius 1 is 1.16 bits per heavy atom. The van der Waals surface area contributed by atoms with Crippen LogP contribution < -0.4 is 10.6 Å². The van der Waals surface area contributed by atoms with Crippen LogP contribution >= 0.6 is 15.9 Å². The van der Waals surface area contributed by atoms with Gasteiger partial charge in [-0.2, -0.15) is 0 Å². The molecule has 5 heteroatoms. The van der Waals surface area contributed by atoms with E-state index in [1.54, 1.807) is 24.3 Å². The van der Waals surface area contributed by atoms with Crippen molar-refractivity contribution in [1.29, 1.82) is 0 Å². The van der Waals surface area contributed by atoms with Gasteiger partial charge in [-0.25, -0.2) is 4.39 Å². The van der Waals surface area contributed by atoms with E-state index in [-0.39, 0.29) is 12.5 Å². The number of hydrogen-bond donors (Lipinski definition) is 2. The number of rotatable bonds is 4. The Bertz CT molecular complexity index is 575. The van der Waals surface area contributed by atoms with E-state index in [1.165, 1.54) is 6.07 Å². The van der Waals surface area contributed by atoms with Gasteiger partial charge in [-0.15, -0.1) is 0 Å². The summed E-state index contributed by atoms with van der Waals surface area (Å²) in [6.07, 6.45) is 0. The molecule has 0 fully saturated rings. The second kappa shape index (κ2) is 6.33. The lowest BCUT2D eigenvalue weighted by atomic mass is 10.3. The lowest BCUT2D eigenvalue weighted by molar-refractivity contribution is -0.114. The molecular weight excluding hydrogens is 311 g/mol. The van der Waals surface area contributed by atoms with E-state index < -0.39 is 5.82 Å². The third-order valence-electron chi connectivity index (χ3n) is 2.43. The van der Waals surface area contributed by atoms with Crippen molar-refractivity contribution < 1.29 is 9.18 Å². The highest BCUT2D eigenvalue weighted by atomic mass is 79.9. The van der Waals surface area contributed by atoms with Crippen molar-refractivity contribution in [1.82, 2.24) is 0 Å². The van der Waals surface area contributed by atoms with Crippen molar-refractivity contribution in [2.24, 2.45) is 0 Å². The highest BCUT2D eigenvalue weighted by molar-refractivity contribution is 9.10. The third-order valence-corrected chi connectivity index (χ3v) is 2.92. The summed E-state index contributed by atoms with van der Waals surface area (Å²) in [6.45, 7) is 0.00739. The molecular formula is C14H12BrFN2O. The third kappa shape index (κ3) is 4.06. The van der Waals surface area contributed by atoms with E-state index in [9.17, 15) is 9.18 Å². The van der Waals surface area contributed by atoms with E-state index in [0.717, 1.165) is 0 Å². The fraction of sp³-hybridized carbons (Fsp3) is 0.0714. The fourth-order valence-electron chi connectivity index (χ4n) is 1.54. The number of anilines is 2. The molecule has 0 atom stereocenters. The summed E-state index contributed by atoms with van der Waals surface area (Å²) in [7, 11) is 0. The number of carbonyl (C=O) groups is 1. The molecule has 0 unspecified atom stereocenters. The molecule has 2 N–H and O–H groups in total. The largest absolute Gasteiger partial charge is 0.374 e. The Kier molecular flexibility index (Phi) is 4.52. The first-order valence-electron chi connectivity index (χ1n) is 5.69. The van der Waals surface area contributed by atoms with Crippen LogP contribution in [0, 0.1) is 5.82 Å². The van der Waals surface area contributed by atoms with Crippen LogP contribution in [0.4, 0.5) is 15.8 Å². The quantitative estimate of drug-likeness (QED) is 0.902. The average molecular weight is 323 g/mol. The maximum absolute atomic E-state index is 13.5. The molecule has 2 rings (SSSR count). The molecule has 3 nitrogen and oxygen atoms in total. The van der Waals surface area contributed by atoms with Crippen LogP contribution in [0.2, 0.25) is 0 Å². The smallest absolute Gasteiger partial charge is 0.243 e. The average Bonchev–Trinajstić information content (AvgIpc) is 2.39. The number of carbonyl (C=O) groups excluding carboxylic acids is 1. The van der Waals surface area contributed by atoms with Crippen molar-refractivity contribution >= 4 is 33.2 Å². The second-order valence-electron chi connectivity index (χ2n) is 3.89. The van der Waals surface area contributed by atoms with Crippen LogP contribution in [0.15, 0.2) is 53.0 Å². The van der Waals surface area contributed by atoms with Gasteiger partial charge < -0.3 is 10.6 Å². The summed E-state index contributed by atoms with van der Waals surface area (Å²) >= 11 is 3.17. The molecule has 0 saturated heterocycles. The molecule has 0 aromatic heterocycles. The van der Waals surface area contributed by atoms with E-state index >= 15 is 0 Å². The van der Waals surface area contributed by atoms with Gasteiger partial charge in [-0.1, -0.05) is 34.1 Å². The number of para-hydroxylation sites is 1. The standard InChI is InChI=1S/C14H12BrFN2O/c15-10-6-7-13(12(16)8-10)17-9-14(19)18-11-4-2-1-3-5-11/h1-8,17H,9H2,(H,18,19). The lowest BCUT2D eigenvalue weighted by Gasteiger charge is -2.08. The molecule has 1 amide bonds. The maximum Gasteiger partial charge on any atom is 0.243 e. The van der Waals surface area contributed by atoms with Crippen molar-refractivity contribution in [3.8, 4) is 0 Å². The summed E-state index contributed by atoms with van der Waals surface area (Å²) in [5.74, 6) is -0.629. The number of hydrogen-bond acceptors (Lipinski definition) is 2. The highest BCUT2D eigenvalue weighted by Crippen LogP contribution is 2.19. The topological polar surface area (TPSA) is 41.1 Å². The Morgan fingerprint density at radius 3 is 2.58 bits per heavy atom. The first-order valence-corrected chi connectivity index (χ1v) is 6.48. The Balaban J connectivity index is 1.90. The van der Waals surface area contributed by atoms with E-state index in [0.29, 0.717) is 15.8 Å². The van der Waals surface area contributed by atoms with E-state index in [4.69, 9.17) is 0 Å². The molecule has 0 saturated carbocycles. The predicted molar refractivity (Wildman–Crippen MR) is 77.7 cm³/mol. The van der Waals surface area contributed by atoms with Crippen LogP contribution in [0.5, 0.6) is 0 Å². The van der Waals surface area contributed by atoms with Gasteiger partial charge in [-0.3, -0.25) is 4.79 Å². The predicted octanol–water partition coefficient (Wildman–Crippen LogP) is 3.64. The van der Waals surface area contributed by atoms with Gasteiger partial charge in [0.05, 0.1) is 12.2 Å². The van der Waals surface area contributed by atoms with Crippen LogP contribution in [0.25, 0.3) is 0 Å². The molecule has 98 valence electrons. The fourth-order valence-corrected chi connectivity index (χ4v) is 1.87. The molecule has 19 heavy (non-hydrogen) atoms. The summed E-state index contributed by atoms with van der Waals surface area (Å²) in [5.41, 5.74) is 1.01. The van der Waals surface area contributed by atoms with Crippen LogP contribution in [-0.4, -0.2) is 12.5 Å². The van der Waals surface area contributed by atoms with Crippen molar-refractivity contribution in [2.45, 2.75) is 0 Å². The lowest BCUT2D eigenvalue weighted by Crippen LogP contribution is -2.22. The Morgan fingerprint density at radius 2 is 1.89 bits per heavy atom. The molecule has 0 aliphatic heterocycles. The molecule has 0 spiro atoms. The highest BCUT2D eigenvalue weighted by Gasteiger charge is 2.05. The summed E-state index contributed by atoms with van der Waals surface area (Å²) < 4.78 is 14.2. The maximum atomic E-state index is 13.5. The molecule has 0 aliphatic carbocycles. The Labute approximate surface area is 119 Å². The summed E-state index contributed by atoms with van der Waals surface area (Å²) in [6, 6.07) is 13.7. The van der Waals surface area contributed by atoms with Crippen LogP contribution in [-0.2, 0) is 4.79 Å². The van der Waals surface area contributed by atoms with Gasteiger partial charge in [0.15, 0.2) is 0 Å². The first-order chi connectivity index (χ1) is 9.15. The monoisotopic (exact) mass is 322 g/mol. The molecule has 0 heterocycles. The summed E-state index contributed by atoms with van der Waals surface area (Å²) in [4.78, 5) is 11.7.